The SMILES string of the molecule is Cc1cc(Cl)cc(-c2ccnc3cc(CN4C(=O)C5CC5C4=O)sc23)c1CN1[C@@H](C)CN(Cc2cnn(CCCCS(=O)(=O)c3ccc(Cc4nc(C(=O)N[C@H]5COc6ccccc6N(C)C5=O)n[nH]4)cc3)c2)C[C@@H]1C. The number of hydrogen-bond acceptors (Lipinski definition) is 14. The van der Waals surface area contributed by atoms with Gasteiger partial charge in [0.15, 0.2) is 9.84 Å². The van der Waals surface area contributed by atoms with Gasteiger partial charge in [-0.25, -0.2) is 13.4 Å². The first kappa shape index (κ1) is 51.3. The Morgan fingerprint density at radius 2 is 1.67 bits per heavy atom. The lowest BCUT2D eigenvalue weighted by Gasteiger charge is -2.45. The zero-order valence-electron chi connectivity index (χ0n) is 42.6. The number of para-hydroxylation sites is 2. The summed E-state index contributed by atoms with van der Waals surface area (Å²) in [6, 6.07) is 21.5. The van der Waals surface area contributed by atoms with E-state index in [1.54, 1.807) is 60.8 Å². The maximum atomic E-state index is 13.4. The molecule has 21 heteroatoms. The molecule has 3 fully saturated rings. The molecule has 7 heterocycles. The molecule has 18 nitrogen and oxygen atoms in total. The first-order valence-electron chi connectivity index (χ1n) is 25.6. The minimum Gasteiger partial charge on any atom is -0.489 e. The van der Waals surface area contributed by atoms with E-state index in [2.05, 4.69) is 67.3 Å². The van der Waals surface area contributed by atoms with Gasteiger partial charge in [0.25, 0.3) is 11.8 Å². The molecule has 4 aliphatic rings. The Labute approximate surface area is 449 Å². The number of H-pyrrole nitrogens is 1. The number of piperidine rings is 1. The van der Waals surface area contributed by atoms with Crippen LogP contribution in [0.1, 0.15) is 76.7 Å². The maximum absolute atomic E-state index is 13.4. The summed E-state index contributed by atoms with van der Waals surface area (Å²) in [5, 5.41) is 14.8. The summed E-state index contributed by atoms with van der Waals surface area (Å²) in [4.78, 5) is 69.8. The number of aryl methyl sites for hydroxylation is 2. The molecule has 3 aliphatic heterocycles. The normalized spacial score (nSPS) is 21.0. The van der Waals surface area contributed by atoms with Crippen molar-refractivity contribution in [1.82, 2.24) is 50.0 Å². The van der Waals surface area contributed by atoms with Crippen molar-refractivity contribution in [2.24, 2.45) is 11.8 Å². The molecule has 11 rings (SSSR count). The zero-order chi connectivity index (χ0) is 53.0. The van der Waals surface area contributed by atoms with Crippen molar-refractivity contribution in [2.45, 2.75) is 95.7 Å². The van der Waals surface area contributed by atoms with E-state index in [1.165, 1.54) is 15.4 Å². The Hall–Kier alpha value is -6.84. The van der Waals surface area contributed by atoms with Crippen molar-refractivity contribution in [3.05, 3.63) is 135 Å². The van der Waals surface area contributed by atoms with E-state index in [1.807, 2.05) is 47.4 Å². The maximum Gasteiger partial charge on any atom is 0.291 e. The van der Waals surface area contributed by atoms with Gasteiger partial charge in [-0.1, -0.05) is 35.9 Å². The van der Waals surface area contributed by atoms with Gasteiger partial charge in [0, 0.05) is 91.7 Å². The highest BCUT2D eigenvalue weighted by atomic mass is 35.5. The van der Waals surface area contributed by atoms with E-state index in [0.717, 1.165) is 69.1 Å². The van der Waals surface area contributed by atoms with Crippen LogP contribution in [0.3, 0.4) is 0 Å². The quantitative estimate of drug-likeness (QED) is 0.0709. The Morgan fingerprint density at radius 3 is 2.45 bits per heavy atom. The van der Waals surface area contributed by atoms with Gasteiger partial charge in [-0.15, -0.1) is 16.4 Å². The number of likely N-dealkylation sites (N-methyl/N-ethyl adjacent to an activating group) is 1. The lowest BCUT2D eigenvalue weighted by Crippen LogP contribution is -2.55. The third kappa shape index (κ3) is 10.5. The van der Waals surface area contributed by atoms with E-state index < -0.39 is 21.8 Å². The molecule has 0 radical (unpaired) electrons. The number of piperazine rings is 1. The van der Waals surface area contributed by atoms with E-state index in [4.69, 9.17) is 16.3 Å². The molecule has 2 saturated heterocycles. The average Bonchev–Trinajstić information content (AvgIpc) is 3.60. The number of carbonyl (C=O) groups is 4. The summed E-state index contributed by atoms with van der Waals surface area (Å²) in [5.74, 6) is -0.495. The Bertz CT molecular complexity index is 3470. The molecule has 4 amide bonds. The lowest BCUT2D eigenvalue weighted by atomic mass is 9.94. The topological polar surface area (TPSA) is 209 Å². The van der Waals surface area contributed by atoms with E-state index >= 15 is 0 Å². The van der Waals surface area contributed by atoms with Crippen LogP contribution in [0, 0.1) is 18.8 Å². The van der Waals surface area contributed by atoms with Crippen LogP contribution in [-0.4, -0.2) is 127 Å². The number of pyridine rings is 1. The summed E-state index contributed by atoms with van der Waals surface area (Å²) in [6.07, 6.45) is 7.87. The van der Waals surface area contributed by atoms with Crippen molar-refractivity contribution < 1.29 is 32.3 Å². The highest BCUT2D eigenvalue weighted by Gasteiger charge is 2.58. The number of ether oxygens (including phenoxy) is 1. The number of aromatic nitrogens is 6. The summed E-state index contributed by atoms with van der Waals surface area (Å²) in [5.41, 5.74) is 7.75. The molecule has 1 aliphatic carbocycles. The number of imide groups is 1. The number of sulfone groups is 1. The number of likely N-dealkylation sites (tertiary alicyclic amines) is 1. The molecule has 0 bridgehead atoms. The van der Waals surface area contributed by atoms with Gasteiger partial charge >= 0.3 is 0 Å². The second kappa shape index (κ2) is 20.9. The summed E-state index contributed by atoms with van der Waals surface area (Å²) < 4.78 is 35.4. The van der Waals surface area contributed by atoms with E-state index in [-0.39, 0.29) is 77.7 Å². The number of fused-ring (bicyclic) bond motifs is 3. The molecule has 2 N–H and O–H groups in total. The highest BCUT2D eigenvalue weighted by molar-refractivity contribution is 7.91. The third-order valence-corrected chi connectivity index (χ3v) is 18.3. The second-order valence-electron chi connectivity index (χ2n) is 20.6. The standard InChI is InChI=1S/C55H58ClN11O7S2/c1-32-19-37(56)21-41(40-15-16-57-45-22-38(75-50(40)45)29-67-53(69)42-23-43(42)54(67)70)44(32)30-66-33(2)25-64(26-34(66)3)27-36-24-58-65(28-36)17-7-8-18-76(72,73)39-13-11-35(12-14-39)20-49-60-51(62-61-49)52(68)59-46-31-74-48-10-6-5-9-47(48)63(4)55(46)71/h5-6,9-16,19,21-22,24,28,33-34,42-43,46H,7-8,17-18,20,23,25-27,29-31H2,1-4H3,(H,59,68)(H,60,61,62)/t33-,34-,42?,43?,46-/m0/s1. The van der Waals surface area contributed by atoms with Crippen molar-refractivity contribution in [2.75, 3.05) is 37.4 Å². The molecule has 4 aromatic heterocycles. The number of hydrogen-bond donors (Lipinski definition) is 2. The predicted molar refractivity (Wildman–Crippen MR) is 287 cm³/mol. The first-order valence-corrected chi connectivity index (χ1v) is 28.5. The number of thiophene rings is 1. The van der Waals surface area contributed by atoms with Crippen molar-refractivity contribution in [3.63, 3.8) is 0 Å². The number of carbonyl (C=O) groups excluding carboxylic acids is 4. The fraction of sp³-hybridized carbons (Fsp3) is 0.382. The number of unbranched alkanes of at least 4 members (excludes halogenated alkanes) is 1. The van der Waals surface area contributed by atoms with Crippen LogP contribution in [0.4, 0.5) is 5.69 Å². The Kier molecular flexibility index (Phi) is 14.1. The summed E-state index contributed by atoms with van der Waals surface area (Å²) in [7, 11) is -1.91. The van der Waals surface area contributed by atoms with Crippen LogP contribution in [0.5, 0.6) is 5.75 Å². The number of rotatable bonds is 17. The molecule has 5 atom stereocenters. The summed E-state index contributed by atoms with van der Waals surface area (Å²) >= 11 is 8.35. The van der Waals surface area contributed by atoms with E-state index in [9.17, 15) is 27.6 Å². The molecule has 76 heavy (non-hydrogen) atoms. The monoisotopic (exact) mass is 1080 g/mol. The van der Waals surface area contributed by atoms with Gasteiger partial charge in [-0.2, -0.15) is 5.10 Å². The van der Waals surface area contributed by atoms with Crippen LogP contribution in [0.2, 0.25) is 5.02 Å². The van der Waals surface area contributed by atoms with Gasteiger partial charge in [0.05, 0.1) is 51.1 Å². The molecule has 1 saturated carbocycles. The van der Waals surface area contributed by atoms with E-state index in [0.29, 0.717) is 48.1 Å². The fourth-order valence-electron chi connectivity index (χ4n) is 11.0. The smallest absolute Gasteiger partial charge is 0.291 e. The molecule has 0 spiro atoms. The summed E-state index contributed by atoms with van der Waals surface area (Å²) in [6.45, 7) is 10.7. The minimum atomic E-state index is -3.54. The molecular formula is C55H58ClN11O7S2. The van der Waals surface area contributed by atoms with Crippen LogP contribution in [0.15, 0.2) is 96.3 Å². The molecule has 394 valence electrons. The van der Waals surface area contributed by atoms with Crippen molar-refractivity contribution in [1.29, 1.82) is 0 Å². The number of anilines is 1. The Balaban J connectivity index is 0.643. The van der Waals surface area contributed by atoms with Crippen molar-refractivity contribution >= 4 is 72.3 Å². The van der Waals surface area contributed by atoms with Gasteiger partial charge in [-0.05, 0) is 111 Å². The second-order valence-corrected chi connectivity index (χ2v) is 24.3. The zero-order valence-corrected chi connectivity index (χ0v) is 45.0. The average molecular weight is 1080 g/mol. The van der Waals surface area contributed by atoms with Gasteiger partial charge in [0.2, 0.25) is 17.6 Å². The van der Waals surface area contributed by atoms with Crippen LogP contribution in [-0.2, 0) is 56.8 Å². The number of aromatic amines is 1. The van der Waals surface area contributed by atoms with Crippen LogP contribution < -0.4 is 15.0 Å². The Morgan fingerprint density at radius 1 is 0.908 bits per heavy atom. The molecule has 3 aromatic carbocycles. The fourth-order valence-corrected chi connectivity index (χ4v) is 13.7. The molecule has 2 unspecified atom stereocenters. The van der Waals surface area contributed by atoms with Crippen LogP contribution in [0.25, 0.3) is 21.3 Å². The number of halogens is 1. The number of amides is 4. The van der Waals surface area contributed by atoms with Gasteiger partial charge in [-0.3, -0.25) is 48.6 Å². The third-order valence-electron chi connectivity index (χ3n) is 15.1. The highest BCUT2D eigenvalue weighted by Crippen LogP contribution is 2.48. The van der Waals surface area contributed by atoms with Crippen molar-refractivity contribution in [3.8, 4) is 16.9 Å². The minimum absolute atomic E-state index is 0.00224. The number of nitrogens with one attached hydrogen (secondary N) is 2. The molecular weight excluding hydrogens is 1030 g/mol. The number of nitrogens with zero attached hydrogens (tertiary/aromatic N) is 9. The lowest BCUT2D eigenvalue weighted by molar-refractivity contribution is -0.142. The number of benzene rings is 3. The van der Waals surface area contributed by atoms with Gasteiger partial charge < -0.3 is 15.0 Å². The van der Waals surface area contributed by atoms with Gasteiger partial charge in [0.1, 0.15) is 24.2 Å². The first-order chi connectivity index (χ1) is 36.6. The predicted octanol–water partition coefficient (Wildman–Crippen LogP) is 6.84. The largest absolute Gasteiger partial charge is 0.489 e. The van der Waals surface area contributed by atoms with Crippen LogP contribution >= 0.6 is 22.9 Å². The molecule has 7 aromatic rings.